The number of Topliss-reactive ketones (excluding diaryl/α,β-unsaturated/α-hetero) is 1. The van der Waals surface area contributed by atoms with Gasteiger partial charge in [-0.15, -0.1) is 0 Å². The smallest absolute Gasteiger partial charge is 0.318 e. The molecule has 1 atom stereocenters. The minimum atomic E-state index is -1.44. The normalized spacial score (nSPS) is 17.9. The van der Waals surface area contributed by atoms with Gasteiger partial charge in [0.1, 0.15) is 17.6 Å². The molecule has 2 aliphatic rings. The van der Waals surface area contributed by atoms with Crippen LogP contribution in [0, 0.1) is 5.41 Å². The second kappa shape index (κ2) is 9.85. The van der Waals surface area contributed by atoms with E-state index in [1.54, 1.807) is 36.3 Å². The average molecular weight is 494 g/mol. The van der Waals surface area contributed by atoms with Gasteiger partial charge in [0.25, 0.3) is 5.91 Å². The fourth-order valence-corrected chi connectivity index (χ4v) is 6.20. The molecule has 0 aromatic heterocycles. The summed E-state index contributed by atoms with van der Waals surface area (Å²) in [6.07, 6.45) is 2.93. The Morgan fingerprint density at radius 3 is 2.26 bits per heavy atom. The lowest BCUT2D eigenvalue weighted by molar-refractivity contribution is -0.135. The van der Waals surface area contributed by atoms with Crippen LogP contribution in [0.15, 0.2) is 48.5 Å². The van der Waals surface area contributed by atoms with E-state index < -0.39 is 14.1 Å². The van der Waals surface area contributed by atoms with E-state index >= 15 is 0 Å². The van der Waals surface area contributed by atoms with Crippen LogP contribution in [0.5, 0.6) is 5.75 Å². The maximum atomic E-state index is 13.4. The molecule has 186 valence electrons. The van der Waals surface area contributed by atoms with Gasteiger partial charge in [0, 0.05) is 37.0 Å². The first-order valence-electron chi connectivity index (χ1n) is 12.2. The Kier molecular flexibility index (Phi) is 7.03. The second-order valence-corrected chi connectivity index (χ2v) is 16.0. The standard InChI is InChI=1S/C27H35N3O4Si/c1-34-22-10-6-19(7-11-22)24(25(32)28-20-8-12-23(13-9-20)35(2,3)4)29-26(33)30-15-5-14-27(18-30)16-21(31)17-27/h6-13,24H,5,14-18H2,1-4H3,(H,28,32)(H,29,33). The number of ketones is 1. The van der Waals surface area contributed by atoms with Crippen molar-refractivity contribution < 1.29 is 19.1 Å². The van der Waals surface area contributed by atoms with Crippen LogP contribution in [-0.2, 0) is 9.59 Å². The van der Waals surface area contributed by atoms with E-state index in [4.69, 9.17) is 4.74 Å². The summed E-state index contributed by atoms with van der Waals surface area (Å²) in [7, 11) is 0.142. The molecule has 1 aliphatic carbocycles. The first kappa shape index (κ1) is 25.0. The summed E-state index contributed by atoms with van der Waals surface area (Å²) >= 11 is 0. The van der Waals surface area contributed by atoms with Crippen molar-refractivity contribution in [3.63, 3.8) is 0 Å². The van der Waals surface area contributed by atoms with Crippen LogP contribution in [0.25, 0.3) is 0 Å². The van der Waals surface area contributed by atoms with Crippen LogP contribution >= 0.6 is 0 Å². The largest absolute Gasteiger partial charge is 0.497 e. The lowest BCUT2D eigenvalue weighted by atomic mass is 9.63. The number of likely N-dealkylation sites (tertiary alicyclic amines) is 1. The maximum Gasteiger partial charge on any atom is 0.318 e. The second-order valence-electron chi connectivity index (χ2n) is 10.9. The number of urea groups is 1. The molecular formula is C27H35N3O4Si. The number of rotatable bonds is 6. The number of carbonyl (C=O) groups excluding carboxylic acids is 3. The first-order valence-corrected chi connectivity index (χ1v) is 15.7. The van der Waals surface area contributed by atoms with Crippen LogP contribution in [0.1, 0.15) is 37.3 Å². The van der Waals surface area contributed by atoms with Crippen molar-refractivity contribution in [1.29, 1.82) is 0 Å². The first-order chi connectivity index (χ1) is 16.6. The minimum absolute atomic E-state index is 0.0807. The van der Waals surface area contributed by atoms with E-state index in [0.29, 0.717) is 42.9 Å². The molecule has 0 bridgehead atoms. The third-order valence-electron chi connectivity index (χ3n) is 7.09. The monoisotopic (exact) mass is 493 g/mol. The maximum absolute atomic E-state index is 13.4. The summed E-state index contributed by atoms with van der Waals surface area (Å²) in [6, 6.07) is 14.0. The van der Waals surface area contributed by atoms with E-state index in [1.807, 2.05) is 12.1 Å². The molecule has 1 saturated heterocycles. The molecule has 8 heteroatoms. The van der Waals surface area contributed by atoms with Crippen molar-refractivity contribution in [3.05, 3.63) is 54.1 Å². The number of nitrogens with one attached hydrogen (secondary N) is 2. The van der Waals surface area contributed by atoms with Gasteiger partial charge in [0.15, 0.2) is 0 Å². The number of hydrogen-bond donors (Lipinski definition) is 2. The summed E-state index contributed by atoms with van der Waals surface area (Å²) < 4.78 is 5.25. The molecule has 1 aliphatic heterocycles. The summed E-state index contributed by atoms with van der Waals surface area (Å²) in [5, 5.41) is 7.23. The fourth-order valence-electron chi connectivity index (χ4n) is 5.03. The van der Waals surface area contributed by atoms with Crippen LogP contribution in [-0.4, -0.2) is 50.9 Å². The quantitative estimate of drug-likeness (QED) is 0.594. The van der Waals surface area contributed by atoms with E-state index in [2.05, 4.69) is 42.4 Å². The Hall–Kier alpha value is -3.13. The zero-order valence-electron chi connectivity index (χ0n) is 21.0. The third-order valence-corrected chi connectivity index (χ3v) is 9.16. The van der Waals surface area contributed by atoms with Gasteiger partial charge in [0.05, 0.1) is 15.2 Å². The van der Waals surface area contributed by atoms with Gasteiger partial charge in [0.2, 0.25) is 0 Å². The van der Waals surface area contributed by atoms with E-state index in [0.717, 1.165) is 12.8 Å². The van der Waals surface area contributed by atoms with Crippen LogP contribution < -0.4 is 20.6 Å². The Morgan fingerprint density at radius 2 is 1.69 bits per heavy atom. The number of anilines is 1. The van der Waals surface area contributed by atoms with Crippen LogP contribution in [0.3, 0.4) is 0 Å². The van der Waals surface area contributed by atoms with Crippen molar-refractivity contribution in [2.24, 2.45) is 5.41 Å². The van der Waals surface area contributed by atoms with Gasteiger partial charge in [-0.25, -0.2) is 4.79 Å². The molecule has 2 fully saturated rings. The van der Waals surface area contributed by atoms with Gasteiger partial charge in [-0.05, 0) is 42.7 Å². The lowest BCUT2D eigenvalue weighted by Gasteiger charge is -2.47. The van der Waals surface area contributed by atoms with E-state index in [1.165, 1.54) is 5.19 Å². The molecule has 35 heavy (non-hydrogen) atoms. The summed E-state index contributed by atoms with van der Waals surface area (Å²) in [6.45, 7) is 8.01. The molecule has 1 spiro atoms. The highest BCUT2D eigenvalue weighted by molar-refractivity contribution is 6.88. The molecule has 1 unspecified atom stereocenters. The molecule has 2 N–H and O–H groups in total. The zero-order valence-corrected chi connectivity index (χ0v) is 22.0. The van der Waals surface area contributed by atoms with Crippen molar-refractivity contribution in [2.75, 3.05) is 25.5 Å². The summed E-state index contributed by atoms with van der Waals surface area (Å²) in [5.41, 5.74) is 1.28. The van der Waals surface area contributed by atoms with E-state index in [-0.39, 0.29) is 23.1 Å². The van der Waals surface area contributed by atoms with Gasteiger partial charge >= 0.3 is 6.03 Å². The number of nitrogens with zero attached hydrogens (tertiary/aromatic N) is 1. The number of ether oxygens (including phenoxy) is 1. The van der Waals surface area contributed by atoms with Gasteiger partial charge in [-0.2, -0.15) is 0 Å². The SMILES string of the molecule is COc1ccc(C(NC(=O)N2CCCC3(CC(=O)C3)C2)C(=O)Nc2ccc([Si](C)(C)C)cc2)cc1. The number of amides is 3. The van der Waals surface area contributed by atoms with Crippen LogP contribution in [0.4, 0.5) is 10.5 Å². The third kappa shape index (κ3) is 5.75. The average Bonchev–Trinajstić information content (AvgIpc) is 2.81. The number of benzene rings is 2. The van der Waals surface area contributed by atoms with Gasteiger partial charge < -0.3 is 20.3 Å². The number of carbonyl (C=O) groups is 3. The molecule has 3 amide bonds. The molecule has 0 radical (unpaired) electrons. The van der Waals surface area contributed by atoms with Crippen molar-refractivity contribution in [2.45, 2.75) is 51.4 Å². The molecule has 1 heterocycles. The predicted octanol–water partition coefficient (Wildman–Crippen LogP) is 4.07. The lowest BCUT2D eigenvalue weighted by Crippen LogP contribution is -2.55. The minimum Gasteiger partial charge on any atom is -0.497 e. The molecule has 7 nitrogen and oxygen atoms in total. The number of piperidine rings is 1. The van der Waals surface area contributed by atoms with Crippen molar-refractivity contribution in [3.8, 4) is 5.75 Å². The highest BCUT2D eigenvalue weighted by Crippen LogP contribution is 2.45. The molecule has 4 rings (SSSR count). The number of methoxy groups -OCH3 is 1. The molecular weight excluding hydrogens is 458 g/mol. The van der Waals surface area contributed by atoms with Crippen LogP contribution in [0.2, 0.25) is 19.6 Å². The van der Waals surface area contributed by atoms with E-state index in [9.17, 15) is 14.4 Å². The van der Waals surface area contributed by atoms with Gasteiger partial charge in [-0.1, -0.05) is 49.1 Å². The molecule has 1 saturated carbocycles. The Balaban J connectivity index is 1.51. The Bertz CT molecular complexity index is 1080. The Morgan fingerprint density at radius 1 is 1.03 bits per heavy atom. The summed E-state index contributed by atoms with van der Waals surface area (Å²) in [5.74, 6) is 0.631. The fraction of sp³-hybridized carbons (Fsp3) is 0.444. The zero-order chi connectivity index (χ0) is 25.2. The van der Waals surface area contributed by atoms with Crippen molar-refractivity contribution >= 4 is 36.7 Å². The predicted molar refractivity (Wildman–Crippen MR) is 140 cm³/mol. The van der Waals surface area contributed by atoms with Crippen molar-refractivity contribution in [1.82, 2.24) is 10.2 Å². The number of hydrogen-bond acceptors (Lipinski definition) is 4. The topological polar surface area (TPSA) is 87.7 Å². The summed E-state index contributed by atoms with van der Waals surface area (Å²) in [4.78, 5) is 40.0. The highest BCUT2D eigenvalue weighted by atomic mass is 28.3. The highest BCUT2D eigenvalue weighted by Gasteiger charge is 2.47. The molecule has 2 aromatic rings. The van der Waals surface area contributed by atoms with Gasteiger partial charge in [-0.3, -0.25) is 9.59 Å². The Labute approximate surface area is 208 Å². The molecule has 2 aromatic carbocycles.